The number of anilines is 1. The molecule has 0 bridgehead atoms. The molecule has 94 valence electrons. The largest absolute Gasteiger partial charge is 0.506 e. The van der Waals surface area contributed by atoms with Crippen molar-refractivity contribution in [2.24, 2.45) is 0 Å². The highest BCUT2D eigenvalue weighted by Crippen LogP contribution is 2.27. The number of carbonyl (C=O) groups excluding carboxylic acids is 1. The molecule has 0 aliphatic rings. The van der Waals surface area contributed by atoms with Gasteiger partial charge in [-0.05, 0) is 30.2 Å². The maximum Gasteiger partial charge on any atom is 0.225 e. The van der Waals surface area contributed by atoms with Crippen LogP contribution in [-0.4, -0.2) is 20.7 Å². The standard InChI is InChI=1S/C11H14INO4/c1-7-4-10(14)9(5-8(7)6-17-16)13-11(15)2-3-12/h4-5,14,16H,2-3,6H2,1H3,(H,13,15). The van der Waals surface area contributed by atoms with Crippen molar-refractivity contribution in [1.29, 1.82) is 0 Å². The molecule has 0 aromatic heterocycles. The van der Waals surface area contributed by atoms with E-state index in [1.54, 1.807) is 13.0 Å². The van der Waals surface area contributed by atoms with Crippen LogP contribution in [0.5, 0.6) is 5.75 Å². The van der Waals surface area contributed by atoms with Crippen molar-refractivity contribution in [1.82, 2.24) is 0 Å². The third-order valence-electron chi connectivity index (χ3n) is 2.27. The minimum absolute atomic E-state index is 0.00555. The Morgan fingerprint density at radius 1 is 1.53 bits per heavy atom. The van der Waals surface area contributed by atoms with Gasteiger partial charge in [-0.25, -0.2) is 4.89 Å². The Morgan fingerprint density at radius 2 is 2.24 bits per heavy atom. The second-order valence-corrected chi connectivity index (χ2v) is 4.64. The summed E-state index contributed by atoms with van der Waals surface area (Å²) >= 11 is 2.10. The van der Waals surface area contributed by atoms with Gasteiger partial charge in [-0.15, -0.1) is 0 Å². The van der Waals surface area contributed by atoms with Crippen molar-refractivity contribution in [3.63, 3.8) is 0 Å². The molecule has 17 heavy (non-hydrogen) atoms. The number of nitrogens with one attached hydrogen (secondary N) is 1. The van der Waals surface area contributed by atoms with Gasteiger partial charge in [0.25, 0.3) is 0 Å². The molecule has 0 unspecified atom stereocenters. The number of amides is 1. The molecule has 0 aliphatic heterocycles. The summed E-state index contributed by atoms with van der Waals surface area (Å²) in [7, 11) is 0. The number of hydrogen-bond acceptors (Lipinski definition) is 4. The van der Waals surface area contributed by atoms with Gasteiger partial charge in [0.15, 0.2) is 0 Å². The number of aryl methyl sites for hydroxylation is 1. The number of rotatable bonds is 5. The van der Waals surface area contributed by atoms with Crippen LogP contribution in [0.15, 0.2) is 12.1 Å². The molecule has 0 fully saturated rings. The molecule has 6 heteroatoms. The lowest BCUT2D eigenvalue weighted by Gasteiger charge is -2.11. The third-order valence-corrected chi connectivity index (χ3v) is 2.81. The first-order valence-corrected chi connectivity index (χ1v) is 6.55. The number of carbonyl (C=O) groups is 1. The zero-order valence-corrected chi connectivity index (χ0v) is 11.5. The Kier molecular flexibility index (Phi) is 5.66. The molecule has 0 saturated carbocycles. The highest BCUT2D eigenvalue weighted by Gasteiger charge is 2.09. The Labute approximate surface area is 113 Å². The molecule has 1 amide bonds. The van der Waals surface area contributed by atoms with E-state index < -0.39 is 0 Å². The van der Waals surface area contributed by atoms with E-state index >= 15 is 0 Å². The van der Waals surface area contributed by atoms with Crippen LogP contribution in [0, 0.1) is 6.92 Å². The van der Waals surface area contributed by atoms with Gasteiger partial charge in [0, 0.05) is 10.8 Å². The molecule has 0 spiro atoms. The van der Waals surface area contributed by atoms with Crippen LogP contribution in [0.25, 0.3) is 0 Å². The van der Waals surface area contributed by atoms with Crippen LogP contribution < -0.4 is 5.32 Å². The first kappa shape index (κ1) is 14.2. The molecule has 0 saturated heterocycles. The van der Waals surface area contributed by atoms with Gasteiger partial charge in [-0.1, -0.05) is 22.6 Å². The summed E-state index contributed by atoms with van der Waals surface area (Å²) < 4.78 is 0.711. The van der Waals surface area contributed by atoms with E-state index in [0.29, 0.717) is 22.1 Å². The number of hydrogen-bond donors (Lipinski definition) is 3. The minimum Gasteiger partial charge on any atom is -0.506 e. The Morgan fingerprint density at radius 3 is 2.82 bits per heavy atom. The van der Waals surface area contributed by atoms with E-state index in [4.69, 9.17) is 5.26 Å². The maximum atomic E-state index is 11.4. The molecule has 0 heterocycles. The predicted molar refractivity (Wildman–Crippen MR) is 72.4 cm³/mol. The van der Waals surface area contributed by atoms with Crippen LogP contribution >= 0.6 is 22.6 Å². The fraction of sp³-hybridized carbons (Fsp3) is 0.364. The lowest BCUT2D eigenvalue weighted by molar-refractivity contribution is -0.253. The molecule has 3 N–H and O–H groups in total. The van der Waals surface area contributed by atoms with Crippen molar-refractivity contribution < 1.29 is 20.0 Å². The number of benzene rings is 1. The van der Waals surface area contributed by atoms with Crippen molar-refractivity contribution in [3.8, 4) is 5.75 Å². The van der Waals surface area contributed by atoms with E-state index in [1.807, 2.05) is 0 Å². The highest BCUT2D eigenvalue weighted by molar-refractivity contribution is 14.1. The fourth-order valence-electron chi connectivity index (χ4n) is 1.36. The van der Waals surface area contributed by atoms with E-state index in [0.717, 1.165) is 5.56 Å². The van der Waals surface area contributed by atoms with Crippen LogP contribution in [0.2, 0.25) is 0 Å². The fourth-order valence-corrected chi connectivity index (χ4v) is 1.85. The van der Waals surface area contributed by atoms with Crippen molar-refractivity contribution in [3.05, 3.63) is 23.3 Å². The van der Waals surface area contributed by atoms with Crippen molar-refractivity contribution in [2.45, 2.75) is 20.0 Å². The van der Waals surface area contributed by atoms with Gasteiger partial charge in [0.1, 0.15) is 12.4 Å². The van der Waals surface area contributed by atoms with Gasteiger partial charge in [-0.3, -0.25) is 10.1 Å². The van der Waals surface area contributed by atoms with Gasteiger partial charge in [0.05, 0.1) is 5.69 Å². The average molecular weight is 351 g/mol. The summed E-state index contributed by atoms with van der Waals surface area (Å²) in [5, 5.41) is 20.7. The Balaban J connectivity index is 2.91. The number of phenolic OH excluding ortho intramolecular Hbond substituents is 1. The quantitative estimate of drug-likeness (QED) is 0.250. The normalized spacial score (nSPS) is 10.3. The topological polar surface area (TPSA) is 78.8 Å². The summed E-state index contributed by atoms with van der Waals surface area (Å²) in [4.78, 5) is 15.5. The van der Waals surface area contributed by atoms with Gasteiger partial charge in [-0.2, -0.15) is 0 Å². The first-order valence-electron chi connectivity index (χ1n) is 5.03. The van der Waals surface area contributed by atoms with Crippen molar-refractivity contribution in [2.75, 3.05) is 9.74 Å². The molecular weight excluding hydrogens is 337 g/mol. The number of aromatic hydroxyl groups is 1. The van der Waals surface area contributed by atoms with Gasteiger partial charge in [0.2, 0.25) is 5.91 Å². The van der Waals surface area contributed by atoms with Crippen molar-refractivity contribution >= 4 is 34.2 Å². The molecule has 1 rings (SSSR count). The maximum absolute atomic E-state index is 11.4. The Hall–Kier alpha value is -0.860. The van der Waals surface area contributed by atoms with E-state index in [2.05, 4.69) is 32.8 Å². The molecule has 0 aliphatic carbocycles. The lowest BCUT2D eigenvalue weighted by atomic mass is 10.1. The molecular formula is C11H14INO4. The van der Waals surface area contributed by atoms with Gasteiger partial charge < -0.3 is 10.4 Å². The van der Waals surface area contributed by atoms with Gasteiger partial charge >= 0.3 is 0 Å². The van der Waals surface area contributed by atoms with Crippen LogP contribution in [0.4, 0.5) is 5.69 Å². The lowest BCUT2D eigenvalue weighted by Crippen LogP contribution is -2.12. The van der Waals surface area contributed by atoms with E-state index in [9.17, 15) is 9.90 Å². The summed E-state index contributed by atoms with van der Waals surface area (Å²) in [6.45, 7) is 1.80. The monoisotopic (exact) mass is 351 g/mol. The molecule has 0 atom stereocenters. The molecule has 5 nitrogen and oxygen atoms in total. The first-order chi connectivity index (χ1) is 8.08. The number of phenols is 1. The summed E-state index contributed by atoms with van der Waals surface area (Å²) in [6.07, 6.45) is 0.389. The summed E-state index contributed by atoms with van der Waals surface area (Å²) in [6, 6.07) is 3.11. The average Bonchev–Trinajstić information content (AvgIpc) is 2.25. The minimum atomic E-state index is -0.158. The van der Waals surface area contributed by atoms with E-state index in [1.165, 1.54) is 6.07 Å². The second kappa shape index (κ2) is 6.77. The second-order valence-electron chi connectivity index (χ2n) is 3.56. The summed E-state index contributed by atoms with van der Waals surface area (Å²) in [5.74, 6) is -0.152. The molecule has 1 aromatic rings. The van der Waals surface area contributed by atoms with E-state index in [-0.39, 0.29) is 18.3 Å². The molecule has 0 radical (unpaired) electrons. The number of alkyl halides is 1. The van der Waals surface area contributed by atoms with Crippen LogP contribution in [-0.2, 0) is 16.3 Å². The Bertz CT molecular complexity index is 409. The third kappa shape index (κ3) is 4.14. The zero-order chi connectivity index (χ0) is 12.8. The SMILES string of the molecule is Cc1cc(O)c(NC(=O)CCI)cc1COO. The van der Waals surface area contributed by atoms with Crippen LogP contribution in [0.3, 0.4) is 0 Å². The van der Waals surface area contributed by atoms with Crippen LogP contribution in [0.1, 0.15) is 17.5 Å². The smallest absolute Gasteiger partial charge is 0.225 e. The highest BCUT2D eigenvalue weighted by atomic mass is 127. The summed E-state index contributed by atoms with van der Waals surface area (Å²) in [5.41, 5.74) is 1.82. The predicted octanol–water partition coefficient (Wildman–Crippen LogP) is 2.45. The zero-order valence-electron chi connectivity index (χ0n) is 9.36. The number of halogens is 1. The molecule has 1 aromatic carbocycles.